The lowest BCUT2D eigenvalue weighted by Gasteiger charge is -2.24. The molecule has 1 aliphatic heterocycles. The van der Waals surface area contributed by atoms with Crippen molar-refractivity contribution in [3.8, 4) is 11.5 Å². The van der Waals surface area contributed by atoms with Gasteiger partial charge in [-0.1, -0.05) is 41.1 Å². The van der Waals surface area contributed by atoms with E-state index in [2.05, 4.69) is 4.98 Å². The van der Waals surface area contributed by atoms with Crippen LogP contribution in [0, 0.1) is 0 Å². The molecule has 4 aromatic rings. The predicted molar refractivity (Wildman–Crippen MR) is 135 cm³/mol. The minimum Gasteiger partial charge on any atom is -0.507 e. The summed E-state index contributed by atoms with van der Waals surface area (Å²) in [6, 6.07) is 17.9. The Labute approximate surface area is 209 Å². The van der Waals surface area contributed by atoms with Crippen LogP contribution in [-0.2, 0) is 9.59 Å². The number of halogens is 1. The third-order valence-electron chi connectivity index (χ3n) is 5.79. The van der Waals surface area contributed by atoms with Crippen LogP contribution in [0.3, 0.4) is 0 Å². The molecule has 0 aliphatic carbocycles. The minimum absolute atomic E-state index is 0.0568. The summed E-state index contributed by atoms with van der Waals surface area (Å²) in [4.78, 5) is 32.7. The fraction of sp³-hybridized carbons (Fsp3) is 0.115. The zero-order valence-electron chi connectivity index (χ0n) is 18.7. The highest BCUT2D eigenvalue weighted by Gasteiger charge is 2.49. The van der Waals surface area contributed by atoms with Gasteiger partial charge in [-0.15, -0.1) is 0 Å². The second-order valence-electron chi connectivity index (χ2n) is 7.75. The van der Waals surface area contributed by atoms with E-state index < -0.39 is 17.7 Å². The van der Waals surface area contributed by atoms with Crippen molar-refractivity contribution in [1.29, 1.82) is 0 Å². The van der Waals surface area contributed by atoms with Crippen LogP contribution < -0.4 is 14.4 Å². The maximum Gasteiger partial charge on any atom is 0.301 e. The second-order valence-corrected chi connectivity index (χ2v) is 9.19. The van der Waals surface area contributed by atoms with Crippen molar-refractivity contribution in [3.63, 3.8) is 0 Å². The van der Waals surface area contributed by atoms with E-state index in [0.29, 0.717) is 38.3 Å². The molecule has 3 aromatic carbocycles. The Morgan fingerprint density at radius 1 is 1.03 bits per heavy atom. The number of Topliss-reactive ketones (excluding diaryl/α,β-unsaturated/α-hetero) is 1. The topological polar surface area (TPSA) is 89.0 Å². The highest BCUT2D eigenvalue weighted by atomic mass is 35.5. The van der Waals surface area contributed by atoms with Crippen LogP contribution in [0.15, 0.2) is 72.3 Å². The van der Waals surface area contributed by atoms with Crippen molar-refractivity contribution in [2.24, 2.45) is 0 Å². The molecule has 2 heterocycles. The number of anilines is 1. The van der Waals surface area contributed by atoms with E-state index in [9.17, 15) is 14.7 Å². The number of para-hydroxylation sites is 1. The number of aliphatic hydroxyl groups is 1. The first-order valence-corrected chi connectivity index (χ1v) is 11.8. The van der Waals surface area contributed by atoms with Crippen LogP contribution in [0.5, 0.6) is 11.5 Å². The van der Waals surface area contributed by atoms with E-state index in [1.807, 2.05) is 6.07 Å². The van der Waals surface area contributed by atoms with Gasteiger partial charge < -0.3 is 14.6 Å². The molecule has 1 fully saturated rings. The van der Waals surface area contributed by atoms with Crippen LogP contribution in [-0.4, -0.2) is 36.0 Å². The Balaban J connectivity index is 1.74. The average molecular weight is 507 g/mol. The highest BCUT2D eigenvalue weighted by Crippen LogP contribution is 2.46. The Morgan fingerprint density at radius 3 is 2.49 bits per heavy atom. The van der Waals surface area contributed by atoms with Gasteiger partial charge in [-0.2, -0.15) is 0 Å². The Kier molecular flexibility index (Phi) is 5.92. The lowest BCUT2D eigenvalue weighted by molar-refractivity contribution is -0.132. The third kappa shape index (κ3) is 3.90. The Morgan fingerprint density at radius 2 is 1.77 bits per heavy atom. The van der Waals surface area contributed by atoms with Crippen molar-refractivity contribution in [2.75, 3.05) is 19.1 Å². The number of ether oxygens (including phenoxy) is 2. The van der Waals surface area contributed by atoms with Crippen molar-refractivity contribution in [2.45, 2.75) is 6.04 Å². The number of amides is 1. The lowest BCUT2D eigenvalue weighted by Crippen LogP contribution is -2.29. The summed E-state index contributed by atoms with van der Waals surface area (Å²) in [5, 5.41) is 12.0. The average Bonchev–Trinajstić information content (AvgIpc) is 3.41. The number of methoxy groups -OCH3 is 2. The molecular formula is C26H19ClN2O5S. The van der Waals surface area contributed by atoms with Gasteiger partial charge in [0.05, 0.1) is 30.0 Å². The summed E-state index contributed by atoms with van der Waals surface area (Å²) in [7, 11) is 3.08. The quantitative estimate of drug-likeness (QED) is 0.215. The highest BCUT2D eigenvalue weighted by molar-refractivity contribution is 7.22. The fourth-order valence-electron chi connectivity index (χ4n) is 4.10. The first-order valence-electron chi connectivity index (χ1n) is 10.6. The third-order valence-corrected chi connectivity index (χ3v) is 7.06. The molecule has 0 spiro atoms. The first kappa shape index (κ1) is 22.9. The van der Waals surface area contributed by atoms with E-state index in [-0.39, 0.29) is 11.3 Å². The molecule has 7 nitrogen and oxygen atoms in total. The first-order chi connectivity index (χ1) is 16.9. The van der Waals surface area contributed by atoms with Gasteiger partial charge in [0.2, 0.25) is 0 Å². The standard InChI is InChI=1S/C26H19ClN2O5S/c1-33-16-11-12-18-20(13-16)35-26(28-18)29-22(17-5-3-4-6-19(17)34-2)21(24(31)25(29)32)23(30)14-7-9-15(27)10-8-14/h3-13,22,30H,1-2H3/b23-21+/t22-/m1/s1. The van der Waals surface area contributed by atoms with Gasteiger partial charge in [0, 0.05) is 16.1 Å². The second kappa shape index (κ2) is 9.05. The fourth-order valence-corrected chi connectivity index (χ4v) is 5.25. The zero-order valence-corrected chi connectivity index (χ0v) is 20.3. The molecule has 1 amide bonds. The van der Waals surface area contributed by atoms with Crippen LogP contribution in [0.25, 0.3) is 16.0 Å². The molecule has 0 radical (unpaired) electrons. The maximum absolute atomic E-state index is 13.4. The molecule has 0 saturated carbocycles. The number of benzene rings is 3. The summed E-state index contributed by atoms with van der Waals surface area (Å²) in [5.41, 5.74) is 1.51. The maximum atomic E-state index is 13.4. The minimum atomic E-state index is -0.954. The van der Waals surface area contributed by atoms with Crippen molar-refractivity contribution < 1.29 is 24.2 Å². The molecule has 1 N–H and O–H groups in total. The van der Waals surface area contributed by atoms with Gasteiger partial charge in [-0.3, -0.25) is 14.5 Å². The molecule has 1 aliphatic rings. The smallest absolute Gasteiger partial charge is 0.301 e. The summed E-state index contributed by atoms with van der Waals surface area (Å²) in [6.45, 7) is 0. The van der Waals surface area contributed by atoms with Gasteiger partial charge in [0.1, 0.15) is 23.3 Å². The largest absolute Gasteiger partial charge is 0.507 e. The number of carbonyl (C=O) groups is 2. The van der Waals surface area contributed by atoms with Crippen molar-refractivity contribution in [1.82, 2.24) is 4.98 Å². The molecule has 35 heavy (non-hydrogen) atoms. The number of carbonyl (C=O) groups excluding carboxylic acids is 2. The molecule has 176 valence electrons. The Bertz CT molecular complexity index is 1500. The van der Waals surface area contributed by atoms with Crippen LogP contribution in [0.2, 0.25) is 5.02 Å². The van der Waals surface area contributed by atoms with Gasteiger partial charge in [0.25, 0.3) is 5.78 Å². The van der Waals surface area contributed by atoms with Gasteiger partial charge in [0.15, 0.2) is 5.13 Å². The molecule has 9 heteroatoms. The number of aliphatic hydroxyl groups excluding tert-OH is 1. The molecule has 0 bridgehead atoms. The summed E-state index contributed by atoms with van der Waals surface area (Å²) >= 11 is 7.25. The summed E-state index contributed by atoms with van der Waals surface area (Å²) in [5.74, 6) is -0.790. The number of rotatable bonds is 5. The lowest BCUT2D eigenvalue weighted by atomic mass is 9.95. The normalized spacial score (nSPS) is 17.2. The zero-order chi connectivity index (χ0) is 24.7. The van der Waals surface area contributed by atoms with E-state index >= 15 is 0 Å². The molecule has 1 aromatic heterocycles. The van der Waals surface area contributed by atoms with Gasteiger partial charge in [-0.25, -0.2) is 4.98 Å². The molecule has 1 saturated heterocycles. The number of aromatic nitrogens is 1. The van der Waals surface area contributed by atoms with Crippen LogP contribution >= 0.6 is 22.9 Å². The van der Waals surface area contributed by atoms with E-state index in [0.717, 1.165) is 4.70 Å². The number of fused-ring (bicyclic) bond motifs is 1. The van der Waals surface area contributed by atoms with E-state index in [4.69, 9.17) is 21.1 Å². The number of hydrogen-bond acceptors (Lipinski definition) is 7. The number of ketones is 1. The predicted octanol–water partition coefficient (Wildman–Crippen LogP) is 5.59. The molecule has 1 atom stereocenters. The number of hydrogen-bond donors (Lipinski definition) is 1. The van der Waals surface area contributed by atoms with E-state index in [1.165, 1.54) is 23.3 Å². The Hall–Kier alpha value is -3.88. The van der Waals surface area contributed by atoms with Crippen LogP contribution in [0.1, 0.15) is 17.2 Å². The van der Waals surface area contributed by atoms with Crippen molar-refractivity contribution >= 4 is 55.7 Å². The van der Waals surface area contributed by atoms with E-state index in [1.54, 1.807) is 67.8 Å². The summed E-state index contributed by atoms with van der Waals surface area (Å²) < 4.78 is 11.6. The molecular weight excluding hydrogens is 488 g/mol. The number of thiazole rings is 1. The summed E-state index contributed by atoms with van der Waals surface area (Å²) in [6.07, 6.45) is 0. The SMILES string of the molecule is COc1ccc2nc(N3C(=O)C(=O)/C(=C(/O)c4ccc(Cl)cc4)[C@H]3c3ccccc3OC)sc2c1. The molecule has 5 rings (SSSR count). The molecule has 0 unspecified atom stereocenters. The van der Waals surface area contributed by atoms with Crippen molar-refractivity contribution in [3.05, 3.63) is 88.5 Å². The van der Waals surface area contributed by atoms with Gasteiger partial charge >= 0.3 is 5.91 Å². The van der Waals surface area contributed by atoms with Gasteiger partial charge in [-0.05, 0) is 48.5 Å². The van der Waals surface area contributed by atoms with Crippen LogP contribution in [0.4, 0.5) is 5.13 Å². The number of nitrogens with zero attached hydrogens (tertiary/aromatic N) is 2. The monoisotopic (exact) mass is 506 g/mol.